The molecule has 0 saturated carbocycles. The second-order valence-electron chi connectivity index (χ2n) is 7.48. The number of hydrogen-bond donors (Lipinski definition) is 1. The Labute approximate surface area is 177 Å². The number of sulfonamides is 1. The van der Waals surface area contributed by atoms with Crippen LogP contribution in [0.15, 0.2) is 48.5 Å². The third-order valence-corrected chi connectivity index (χ3v) is 5.94. The zero-order valence-corrected chi connectivity index (χ0v) is 18.0. The van der Waals surface area contributed by atoms with Crippen molar-refractivity contribution in [2.45, 2.75) is 38.3 Å². The summed E-state index contributed by atoms with van der Waals surface area (Å²) in [5.74, 6) is -0.332. The molecule has 1 heterocycles. The lowest BCUT2D eigenvalue weighted by molar-refractivity contribution is 0.0678. The van der Waals surface area contributed by atoms with Gasteiger partial charge in [0.1, 0.15) is 5.82 Å². The molecule has 2 aromatic rings. The lowest BCUT2D eigenvalue weighted by atomic mass is 9.90. The van der Waals surface area contributed by atoms with Crippen molar-refractivity contribution >= 4 is 16.1 Å². The van der Waals surface area contributed by atoms with Crippen LogP contribution in [-0.4, -0.2) is 50.9 Å². The van der Waals surface area contributed by atoms with E-state index in [0.717, 1.165) is 17.4 Å². The van der Waals surface area contributed by atoms with Crippen LogP contribution in [0.25, 0.3) is 11.1 Å². The second-order valence-corrected chi connectivity index (χ2v) is 9.26. The van der Waals surface area contributed by atoms with E-state index in [1.165, 1.54) is 6.07 Å². The fourth-order valence-corrected chi connectivity index (χ4v) is 4.76. The summed E-state index contributed by atoms with van der Waals surface area (Å²) in [6.45, 7) is 2.45. The van der Waals surface area contributed by atoms with Gasteiger partial charge in [-0.05, 0) is 49.4 Å². The van der Waals surface area contributed by atoms with Crippen LogP contribution in [-0.2, 0) is 21.2 Å². The molecule has 1 amide bonds. The van der Waals surface area contributed by atoms with Crippen molar-refractivity contribution in [3.05, 3.63) is 59.9 Å². The number of nitrogens with one attached hydrogen (secondary N) is 1. The summed E-state index contributed by atoms with van der Waals surface area (Å²) in [5.41, 5.74) is 2.05. The second kappa shape index (κ2) is 9.57. The van der Waals surface area contributed by atoms with Gasteiger partial charge in [0.2, 0.25) is 10.0 Å². The molecular weight excluding hydrogens is 407 g/mol. The average molecular weight is 435 g/mol. The number of ether oxygens (including phenoxy) is 1. The highest BCUT2D eigenvalue weighted by Gasteiger charge is 2.36. The van der Waals surface area contributed by atoms with Crippen molar-refractivity contribution < 1.29 is 22.3 Å². The van der Waals surface area contributed by atoms with E-state index in [0.29, 0.717) is 31.4 Å². The molecule has 1 N–H and O–H groups in total. The molecule has 0 radical (unpaired) electrons. The van der Waals surface area contributed by atoms with Gasteiger partial charge < -0.3 is 9.64 Å². The van der Waals surface area contributed by atoms with Gasteiger partial charge in [0.15, 0.2) is 0 Å². The van der Waals surface area contributed by atoms with Crippen LogP contribution >= 0.6 is 0 Å². The fourth-order valence-electron chi connectivity index (χ4n) is 3.93. The van der Waals surface area contributed by atoms with Crippen molar-refractivity contribution in [3.8, 4) is 11.1 Å². The van der Waals surface area contributed by atoms with Gasteiger partial charge in [0.05, 0.1) is 18.9 Å². The molecule has 1 aliphatic rings. The van der Waals surface area contributed by atoms with Gasteiger partial charge in [-0.15, -0.1) is 0 Å². The lowest BCUT2D eigenvalue weighted by Crippen LogP contribution is -2.57. The molecule has 0 bridgehead atoms. The number of nitrogens with zero attached hydrogens (tertiary/aromatic N) is 1. The minimum absolute atomic E-state index is 0.237. The lowest BCUT2D eigenvalue weighted by Gasteiger charge is -2.40. The summed E-state index contributed by atoms with van der Waals surface area (Å²) in [6.07, 6.45) is 2.31. The Bertz CT molecular complexity index is 982. The average Bonchev–Trinajstić information content (AvgIpc) is 2.70. The number of carbonyl (C=O) groups excluding carboxylic acids is 1. The Morgan fingerprint density at radius 1 is 1.23 bits per heavy atom. The Balaban J connectivity index is 1.93. The Hall–Kier alpha value is -2.45. The Morgan fingerprint density at radius 3 is 2.63 bits per heavy atom. The minimum atomic E-state index is -3.46. The van der Waals surface area contributed by atoms with Crippen molar-refractivity contribution in [3.63, 3.8) is 0 Å². The number of hydrogen-bond acceptors (Lipinski definition) is 4. The van der Waals surface area contributed by atoms with E-state index in [2.05, 4.69) is 4.72 Å². The van der Waals surface area contributed by atoms with Gasteiger partial charge in [-0.25, -0.2) is 22.3 Å². The normalized spacial score (nSPS) is 19.5. The predicted octanol–water partition coefficient (Wildman–Crippen LogP) is 3.57. The fraction of sp³-hybridized carbons (Fsp3) is 0.409. The Kier molecular flexibility index (Phi) is 7.10. The first-order valence-corrected chi connectivity index (χ1v) is 11.9. The SMILES string of the molecule is CCOC(=O)N1CCC[C@H](NS(C)(=O)=O)[C@@H]1Cc1ccc(F)c(-c2ccccc2)c1. The van der Waals surface area contributed by atoms with Crippen LogP contribution in [0.4, 0.5) is 9.18 Å². The first kappa shape index (κ1) is 22.2. The number of amides is 1. The molecule has 1 aliphatic heterocycles. The number of piperidine rings is 1. The van der Waals surface area contributed by atoms with Crippen LogP contribution in [0.2, 0.25) is 0 Å². The molecule has 8 heteroatoms. The maximum atomic E-state index is 14.5. The van der Waals surface area contributed by atoms with E-state index in [9.17, 15) is 17.6 Å². The largest absolute Gasteiger partial charge is 0.450 e. The zero-order chi connectivity index (χ0) is 21.7. The monoisotopic (exact) mass is 434 g/mol. The Morgan fingerprint density at radius 2 is 1.97 bits per heavy atom. The van der Waals surface area contributed by atoms with E-state index in [1.807, 2.05) is 30.3 Å². The molecule has 1 fully saturated rings. The van der Waals surface area contributed by atoms with Gasteiger partial charge in [-0.2, -0.15) is 0 Å². The molecule has 162 valence electrons. The molecule has 6 nitrogen and oxygen atoms in total. The number of rotatable bonds is 6. The summed E-state index contributed by atoms with van der Waals surface area (Å²) in [7, 11) is -3.46. The van der Waals surface area contributed by atoms with Crippen molar-refractivity contribution in [2.24, 2.45) is 0 Å². The summed E-state index contributed by atoms with van der Waals surface area (Å²) in [4.78, 5) is 14.1. The summed E-state index contributed by atoms with van der Waals surface area (Å²) in [5, 5.41) is 0. The van der Waals surface area contributed by atoms with Gasteiger partial charge in [-0.1, -0.05) is 36.4 Å². The minimum Gasteiger partial charge on any atom is -0.450 e. The summed E-state index contributed by atoms with van der Waals surface area (Å²) >= 11 is 0. The van der Waals surface area contributed by atoms with Gasteiger partial charge in [-0.3, -0.25) is 0 Å². The number of benzene rings is 2. The molecule has 0 unspecified atom stereocenters. The molecule has 3 rings (SSSR count). The van der Waals surface area contributed by atoms with Crippen LogP contribution in [0, 0.1) is 5.82 Å². The maximum Gasteiger partial charge on any atom is 0.410 e. The standard InChI is InChI=1S/C22H27FN2O4S/c1-3-29-22(26)25-13-7-10-20(24-30(2,27)28)21(25)15-16-11-12-19(23)18(14-16)17-8-5-4-6-9-17/h4-6,8-9,11-12,14,20-21,24H,3,7,10,13,15H2,1-2H3/t20-,21-/m0/s1. The van der Waals surface area contributed by atoms with E-state index >= 15 is 0 Å². The molecule has 0 aliphatic carbocycles. The van der Waals surface area contributed by atoms with E-state index in [-0.39, 0.29) is 12.4 Å². The van der Waals surface area contributed by atoms with Crippen molar-refractivity contribution in [1.82, 2.24) is 9.62 Å². The summed E-state index contributed by atoms with van der Waals surface area (Å²) < 4.78 is 46.1. The van der Waals surface area contributed by atoms with Crippen LogP contribution in [0.3, 0.4) is 0 Å². The summed E-state index contributed by atoms with van der Waals surface area (Å²) in [6, 6.07) is 13.2. The van der Waals surface area contributed by atoms with Gasteiger partial charge in [0.25, 0.3) is 0 Å². The molecule has 1 saturated heterocycles. The molecule has 2 aromatic carbocycles. The number of carbonyl (C=O) groups is 1. The first-order chi connectivity index (χ1) is 14.3. The van der Waals surface area contributed by atoms with Crippen molar-refractivity contribution in [2.75, 3.05) is 19.4 Å². The van der Waals surface area contributed by atoms with E-state index < -0.39 is 28.2 Å². The van der Waals surface area contributed by atoms with E-state index in [1.54, 1.807) is 24.0 Å². The quantitative estimate of drug-likeness (QED) is 0.754. The van der Waals surface area contributed by atoms with Crippen LogP contribution < -0.4 is 4.72 Å². The number of likely N-dealkylation sites (tertiary alicyclic amines) is 1. The highest BCUT2D eigenvalue weighted by molar-refractivity contribution is 7.88. The smallest absolute Gasteiger partial charge is 0.410 e. The molecular formula is C22H27FN2O4S. The molecule has 2 atom stereocenters. The highest BCUT2D eigenvalue weighted by atomic mass is 32.2. The molecule has 0 aromatic heterocycles. The van der Waals surface area contributed by atoms with Gasteiger partial charge >= 0.3 is 6.09 Å². The topological polar surface area (TPSA) is 75.7 Å². The number of halogens is 1. The van der Waals surface area contributed by atoms with Crippen molar-refractivity contribution in [1.29, 1.82) is 0 Å². The molecule has 0 spiro atoms. The van der Waals surface area contributed by atoms with Gasteiger partial charge in [0, 0.05) is 18.2 Å². The first-order valence-electron chi connectivity index (χ1n) is 10.0. The third-order valence-electron chi connectivity index (χ3n) is 5.21. The van der Waals surface area contributed by atoms with Crippen LogP contribution in [0.1, 0.15) is 25.3 Å². The predicted molar refractivity (Wildman–Crippen MR) is 114 cm³/mol. The maximum absolute atomic E-state index is 14.5. The highest BCUT2D eigenvalue weighted by Crippen LogP contribution is 2.27. The molecule has 30 heavy (non-hydrogen) atoms. The third kappa shape index (κ3) is 5.58. The zero-order valence-electron chi connectivity index (χ0n) is 17.2. The van der Waals surface area contributed by atoms with Crippen LogP contribution in [0.5, 0.6) is 0 Å². The van der Waals surface area contributed by atoms with E-state index in [4.69, 9.17) is 4.74 Å².